The van der Waals surface area contributed by atoms with E-state index in [9.17, 15) is 4.79 Å². The number of esters is 1. The Labute approximate surface area is 145 Å². The van der Waals surface area contributed by atoms with E-state index in [1.807, 2.05) is 0 Å². The molecule has 0 N–H and O–H groups in total. The lowest BCUT2D eigenvalue weighted by Crippen LogP contribution is -2.13. The van der Waals surface area contributed by atoms with E-state index < -0.39 is 5.57 Å². The van der Waals surface area contributed by atoms with Gasteiger partial charge < -0.3 is 4.74 Å². The number of hydrogen-bond donors (Lipinski definition) is 0. The number of carbonyl (C=O) groups is 1. The third-order valence-corrected chi connectivity index (χ3v) is 6.66. The Hall–Kier alpha value is 0.157. The molecule has 0 aromatic rings. The first-order valence-corrected chi connectivity index (χ1v) is 14.7. The molecule has 0 aromatic carbocycles. The number of rotatable bonds is 13. The molecule has 21 heavy (non-hydrogen) atoms. The van der Waals surface area contributed by atoms with Crippen LogP contribution in [0.4, 0.5) is 0 Å². The largest absolute Gasteiger partial charge is 0.462 e. The zero-order chi connectivity index (χ0) is 16.1. The van der Waals surface area contributed by atoms with Crippen LogP contribution in [-0.4, -0.2) is 18.1 Å². The van der Waals surface area contributed by atoms with E-state index in [0.717, 1.165) is 12.8 Å². The summed E-state index contributed by atoms with van der Waals surface area (Å²) in [7, 11) is 0. The Morgan fingerprint density at radius 1 is 0.952 bits per heavy atom. The normalized spacial score (nSPS) is 11.4. The van der Waals surface area contributed by atoms with Crippen LogP contribution in [0.2, 0.25) is 19.1 Å². The highest BCUT2D eigenvalue weighted by Gasteiger charge is 2.14. The van der Waals surface area contributed by atoms with E-state index in [0.29, 0.717) is 12.2 Å². The molecule has 0 bridgehead atoms. The maximum absolute atomic E-state index is 11.1. The van der Waals surface area contributed by atoms with Crippen molar-refractivity contribution in [1.29, 1.82) is 0 Å². The highest BCUT2D eigenvalue weighted by Crippen LogP contribution is 2.21. The molecule has 2 nitrogen and oxygen atoms in total. The number of hydrogen-bond acceptors (Lipinski definition) is 2. The number of ether oxygens (including phenoxy) is 1. The molecule has 0 atom stereocenters. The van der Waals surface area contributed by atoms with Gasteiger partial charge >= 0.3 is 5.97 Å². The molecule has 0 aromatic heterocycles. The molecule has 0 rings (SSSR count). The van der Waals surface area contributed by atoms with Crippen LogP contribution in [0.3, 0.4) is 0 Å². The average molecular weight is 424 g/mol. The molecule has 0 amide bonds. The van der Waals surface area contributed by atoms with Crippen molar-refractivity contribution < 1.29 is 9.53 Å². The van der Waals surface area contributed by atoms with E-state index in [-0.39, 0.29) is 5.97 Å². The zero-order valence-electron chi connectivity index (χ0n) is 14.2. The lowest BCUT2D eigenvalue weighted by molar-refractivity contribution is -0.139. The van der Waals surface area contributed by atoms with Crippen molar-refractivity contribution >= 4 is 33.3 Å². The summed E-state index contributed by atoms with van der Waals surface area (Å²) in [5.74, 6) is -0.257. The highest BCUT2D eigenvalue weighted by atomic mass is 127. The van der Waals surface area contributed by atoms with Gasteiger partial charge in [0.05, 0.1) is 6.61 Å². The molecule has 124 valence electrons. The minimum absolute atomic E-state index is 0.257. The van der Waals surface area contributed by atoms with Gasteiger partial charge in [-0.1, -0.05) is 71.0 Å². The molecule has 4 heteroatoms. The predicted octanol–water partition coefficient (Wildman–Crippen LogP) is 6.26. The summed E-state index contributed by atoms with van der Waals surface area (Å²) >= 11 is 2.68. The predicted molar refractivity (Wildman–Crippen MR) is 104 cm³/mol. The Kier molecular flexibility index (Phi) is 12.8. The second kappa shape index (κ2) is 12.7. The summed E-state index contributed by atoms with van der Waals surface area (Å²) in [4.78, 5) is 11.1. The van der Waals surface area contributed by atoms with Gasteiger partial charge in [0, 0.05) is 5.57 Å². The minimum atomic E-state index is -0.838. The molecule has 0 unspecified atom stereocenters. The molecule has 0 aliphatic heterocycles. The van der Waals surface area contributed by atoms with Crippen LogP contribution in [0.25, 0.3) is 0 Å². The molecule has 0 saturated heterocycles. The van der Waals surface area contributed by atoms with Crippen LogP contribution in [0.15, 0.2) is 12.2 Å². The van der Waals surface area contributed by atoms with Gasteiger partial charge in [0.25, 0.3) is 0 Å². The van der Waals surface area contributed by atoms with Crippen molar-refractivity contribution in [1.82, 2.24) is 0 Å². The van der Waals surface area contributed by atoms with Gasteiger partial charge in [-0.25, -0.2) is 4.79 Å². The minimum Gasteiger partial charge on any atom is -0.462 e. The van der Waals surface area contributed by atoms with Crippen molar-refractivity contribution in [3.63, 3.8) is 0 Å². The Morgan fingerprint density at radius 2 is 1.38 bits per heavy atom. The standard InChI is InChI=1S/C17H33IO2Si/c1-16(2)17(19)20-14-12-10-8-6-5-7-9-11-13-15-21(3,4)18/h1,5-15H2,2-4H3. The van der Waals surface area contributed by atoms with Crippen LogP contribution in [0.5, 0.6) is 0 Å². The lowest BCUT2D eigenvalue weighted by Gasteiger charge is -2.12. The van der Waals surface area contributed by atoms with E-state index in [4.69, 9.17) is 4.74 Å². The van der Waals surface area contributed by atoms with Crippen LogP contribution in [-0.2, 0) is 9.53 Å². The quantitative estimate of drug-likeness (QED) is 0.0872. The summed E-state index contributed by atoms with van der Waals surface area (Å²) in [6.45, 7) is 10.7. The Morgan fingerprint density at radius 3 is 1.81 bits per heavy atom. The Bertz CT molecular complexity index is 298. The topological polar surface area (TPSA) is 26.3 Å². The molecule has 0 aliphatic carbocycles. The van der Waals surface area contributed by atoms with Crippen molar-refractivity contribution in [2.75, 3.05) is 6.61 Å². The van der Waals surface area contributed by atoms with E-state index in [1.165, 1.54) is 51.0 Å². The number of halogens is 1. The average Bonchev–Trinajstić information content (AvgIpc) is 2.38. The fraction of sp³-hybridized carbons (Fsp3) is 0.824. The summed E-state index contributed by atoms with van der Waals surface area (Å²) in [6, 6.07) is 1.47. The van der Waals surface area contributed by atoms with Gasteiger partial charge in [-0.15, -0.1) is 21.8 Å². The summed E-state index contributed by atoms with van der Waals surface area (Å²) in [6.07, 6.45) is 11.7. The first-order valence-electron chi connectivity index (χ1n) is 8.34. The maximum Gasteiger partial charge on any atom is 0.333 e. The third-order valence-electron chi connectivity index (χ3n) is 3.50. The molecule has 0 fully saturated rings. The van der Waals surface area contributed by atoms with Gasteiger partial charge in [0.15, 0.2) is 0 Å². The van der Waals surface area contributed by atoms with Gasteiger partial charge in [-0.3, -0.25) is 0 Å². The molecule has 0 aliphatic rings. The van der Waals surface area contributed by atoms with Gasteiger partial charge in [0.2, 0.25) is 0 Å². The summed E-state index contributed by atoms with van der Waals surface area (Å²) < 4.78 is 5.07. The fourth-order valence-corrected chi connectivity index (χ4v) is 4.41. The fourth-order valence-electron chi connectivity index (χ4n) is 2.17. The Balaban J connectivity index is 3.16. The van der Waals surface area contributed by atoms with Gasteiger partial charge in [-0.05, 0) is 19.4 Å². The van der Waals surface area contributed by atoms with Crippen molar-refractivity contribution in [3.05, 3.63) is 12.2 Å². The van der Waals surface area contributed by atoms with Gasteiger partial charge in [0.1, 0.15) is 5.57 Å². The molecular weight excluding hydrogens is 391 g/mol. The van der Waals surface area contributed by atoms with E-state index in [1.54, 1.807) is 6.92 Å². The molecule has 0 spiro atoms. The summed E-state index contributed by atoms with van der Waals surface area (Å²) in [5.41, 5.74) is -0.348. The lowest BCUT2D eigenvalue weighted by atomic mass is 10.1. The van der Waals surface area contributed by atoms with Crippen molar-refractivity contribution in [2.45, 2.75) is 83.8 Å². The monoisotopic (exact) mass is 424 g/mol. The first-order chi connectivity index (χ1) is 9.83. The number of carbonyl (C=O) groups excluding carboxylic acids is 1. The SMILES string of the molecule is C=C(C)C(=O)OCCCCCCCCCCC[Si](C)(C)I. The highest BCUT2D eigenvalue weighted by molar-refractivity contribution is 14.1. The van der Waals surface area contributed by atoms with Crippen molar-refractivity contribution in [2.24, 2.45) is 0 Å². The van der Waals surface area contributed by atoms with Crippen LogP contribution in [0.1, 0.15) is 64.7 Å². The zero-order valence-corrected chi connectivity index (χ0v) is 17.3. The molecular formula is C17H33IO2Si. The second-order valence-electron chi connectivity index (χ2n) is 6.57. The van der Waals surface area contributed by atoms with Crippen LogP contribution >= 0.6 is 21.8 Å². The summed E-state index contributed by atoms with van der Waals surface area (Å²) in [5, 5.41) is 0. The van der Waals surface area contributed by atoms with Gasteiger partial charge in [-0.2, -0.15) is 0 Å². The third kappa shape index (κ3) is 16.4. The molecule has 0 heterocycles. The smallest absolute Gasteiger partial charge is 0.333 e. The second-order valence-corrected chi connectivity index (χ2v) is 19.3. The van der Waals surface area contributed by atoms with E-state index >= 15 is 0 Å². The van der Waals surface area contributed by atoms with Crippen LogP contribution in [0, 0.1) is 0 Å². The van der Waals surface area contributed by atoms with Crippen molar-refractivity contribution in [3.8, 4) is 0 Å². The maximum atomic E-state index is 11.1. The van der Waals surface area contributed by atoms with E-state index in [2.05, 4.69) is 41.5 Å². The first kappa shape index (κ1) is 21.2. The van der Waals surface area contributed by atoms with Crippen LogP contribution < -0.4 is 0 Å². The molecule has 0 saturated carbocycles. The number of unbranched alkanes of at least 4 members (excludes halogenated alkanes) is 8. The molecule has 0 radical (unpaired) electrons.